The summed E-state index contributed by atoms with van der Waals surface area (Å²) in [5.41, 5.74) is 9.40. The van der Waals surface area contributed by atoms with Crippen molar-refractivity contribution in [2.75, 3.05) is 0 Å². The van der Waals surface area contributed by atoms with Gasteiger partial charge in [-0.05, 0) is 50.5 Å². The van der Waals surface area contributed by atoms with Crippen molar-refractivity contribution in [1.82, 2.24) is 9.78 Å². The van der Waals surface area contributed by atoms with E-state index in [0.717, 1.165) is 29.4 Å². The highest BCUT2D eigenvalue weighted by molar-refractivity contribution is 5.27. The molecule has 0 aliphatic carbocycles. The molecule has 0 radical (unpaired) electrons. The molecule has 0 saturated heterocycles. The van der Waals surface area contributed by atoms with E-state index in [-0.39, 0.29) is 6.04 Å². The molecule has 1 aromatic carbocycles. The molecule has 108 valence electrons. The number of nitrogens with zero attached hydrogens (tertiary/aromatic N) is 2. The van der Waals surface area contributed by atoms with Crippen molar-refractivity contribution in [3.63, 3.8) is 0 Å². The van der Waals surface area contributed by atoms with Crippen LogP contribution in [0.3, 0.4) is 0 Å². The lowest BCUT2D eigenvalue weighted by Crippen LogP contribution is -2.18. The van der Waals surface area contributed by atoms with Gasteiger partial charge in [-0.25, -0.2) is 8.78 Å². The zero-order chi connectivity index (χ0) is 14.9. The van der Waals surface area contributed by atoms with Gasteiger partial charge in [0.1, 0.15) is 11.6 Å². The first kappa shape index (κ1) is 14.7. The average molecular weight is 279 g/mol. The van der Waals surface area contributed by atoms with Crippen molar-refractivity contribution in [2.45, 2.75) is 39.8 Å². The van der Waals surface area contributed by atoms with E-state index in [2.05, 4.69) is 5.10 Å². The van der Waals surface area contributed by atoms with Crippen molar-refractivity contribution in [2.24, 2.45) is 5.73 Å². The van der Waals surface area contributed by atoms with Crippen molar-refractivity contribution in [3.8, 4) is 0 Å². The fourth-order valence-corrected chi connectivity index (χ4v) is 2.38. The number of halogens is 2. The van der Waals surface area contributed by atoms with Crippen molar-refractivity contribution < 1.29 is 8.78 Å². The Labute approximate surface area is 117 Å². The summed E-state index contributed by atoms with van der Waals surface area (Å²) in [5.74, 6) is -1.14. The minimum absolute atomic E-state index is 0.0525. The molecular formula is C15H19F2N3. The van der Waals surface area contributed by atoms with Crippen molar-refractivity contribution in [1.29, 1.82) is 0 Å². The molecule has 20 heavy (non-hydrogen) atoms. The number of hydrogen-bond acceptors (Lipinski definition) is 2. The summed E-state index contributed by atoms with van der Waals surface area (Å²) in [6.45, 7) is 6.17. The zero-order valence-electron chi connectivity index (χ0n) is 12.0. The number of aryl methyl sites for hydroxylation is 1. The van der Waals surface area contributed by atoms with Gasteiger partial charge in [-0.2, -0.15) is 5.10 Å². The summed E-state index contributed by atoms with van der Waals surface area (Å²) in [7, 11) is 0. The van der Waals surface area contributed by atoms with Gasteiger partial charge >= 0.3 is 0 Å². The number of hydrogen-bond donors (Lipinski definition) is 1. The lowest BCUT2D eigenvalue weighted by atomic mass is 10.1. The van der Waals surface area contributed by atoms with E-state index in [4.69, 9.17) is 5.73 Å². The summed E-state index contributed by atoms with van der Waals surface area (Å²) in [5, 5.41) is 4.43. The number of benzene rings is 1. The Balaban J connectivity index is 2.30. The van der Waals surface area contributed by atoms with Crippen LogP contribution < -0.4 is 5.73 Å². The molecule has 1 heterocycles. The van der Waals surface area contributed by atoms with E-state index >= 15 is 0 Å². The Bertz CT molecular complexity index is 598. The summed E-state index contributed by atoms with van der Waals surface area (Å²) >= 11 is 0. The third-order valence-electron chi connectivity index (χ3n) is 3.31. The van der Waals surface area contributed by atoms with Crippen LogP contribution in [0.1, 0.15) is 29.4 Å². The van der Waals surface area contributed by atoms with Gasteiger partial charge in [-0.15, -0.1) is 0 Å². The Hall–Kier alpha value is -1.75. The minimum atomic E-state index is -0.572. The zero-order valence-corrected chi connectivity index (χ0v) is 12.0. The Morgan fingerprint density at radius 2 is 1.80 bits per heavy atom. The molecule has 0 spiro atoms. The lowest BCUT2D eigenvalue weighted by Gasteiger charge is -2.08. The minimum Gasteiger partial charge on any atom is -0.328 e. The second-order valence-corrected chi connectivity index (χ2v) is 5.27. The van der Waals surface area contributed by atoms with Gasteiger partial charge in [0, 0.05) is 17.8 Å². The van der Waals surface area contributed by atoms with Crippen LogP contribution >= 0.6 is 0 Å². The Morgan fingerprint density at radius 3 is 2.35 bits per heavy atom. The van der Waals surface area contributed by atoms with Crippen LogP contribution in [-0.2, 0) is 13.0 Å². The fourth-order valence-electron chi connectivity index (χ4n) is 2.38. The molecule has 5 heteroatoms. The smallest absolute Gasteiger partial charge is 0.126 e. The summed E-state index contributed by atoms with van der Waals surface area (Å²) in [4.78, 5) is 0. The molecule has 3 nitrogen and oxygen atoms in total. The molecule has 1 aromatic heterocycles. The van der Waals surface area contributed by atoms with E-state index in [1.54, 1.807) is 4.68 Å². The second kappa shape index (κ2) is 5.71. The highest BCUT2D eigenvalue weighted by atomic mass is 19.1. The van der Waals surface area contributed by atoms with Gasteiger partial charge in [0.25, 0.3) is 0 Å². The first-order chi connectivity index (χ1) is 9.36. The van der Waals surface area contributed by atoms with Gasteiger partial charge in [-0.3, -0.25) is 4.68 Å². The maximum absolute atomic E-state index is 13.2. The van der Waals surface area contributed by atoms with E-state index in [1.165, 1.54) is 12.1 Å². The van der Waals surface area contributed by atoms with Crippen LogP contribution in [0.15, 0.2) is 18.2 Å². The molecule has 0 aliphatic rings. The topological polar surface area (TPSA) is 43.8 Å². The first-order valence-corrected chi connectivity index (χ1v) is 6.60. The lowest BCUT2D eigenvalue weighted by molar-refractivity contribution is 0.572. The maximum Gasteiger partial charge on any atom is 0.126 e. The van der Waals surface area contributed by atoms with Gasteiger partial charge in [0.2, 0.25) is 0 Å². The molecule has 2 rings (SSSR count). The van der Waals surface area contributed by atoms with E-state index in [0.29, 0.717) is 12.1 Å². The monoisotopic (exact) mass is 279 g/mol. The number of aromatic nitrogens is 2. The van der Waals surface area contributed by atoms with Crippen LogP contribution in [0.4, 0.5) is 8.78 Å². The molecule has 0 fully saturated rings. The summed E-state index contributed by atoms with van der Waals surface area (Å²) in [6, 6.07) is 3.57. The van der Waals surface area contributed by atoms with Crippen LogP contribution in [-0.4, -0.2) is 15.8 Å². The normalized spacial score (nSPS) is 12.7. The number of nitrogens with two attached hydrogens (primary N) is 1. The summed E-state index contributed by atoms with van der Waals surface area (Å²) < 4.78 is 28.2. The maximum atomic E-state index is 13.2. The summed E-state index contributed by atoms with van der Waals surface area (Å²) in [6.07, 6.45) is 0.745. The molecule has 1 unspecified atom stereocenters. The van der Waals surface area contributed by atoms with E-state index < -0.39 is 11.6 Å². The largest absolute Gasteiger partial charge is 0.328 e. The Morgan fingerprint density at radius 1 is 1.20 bits per heavy atom. The number of rotatable bonds is 4. The molecule has 1 atom stereocenters. The van der Waals surface area contributed by atoms with Gasteiger partial charge in [0.05, 0.1) is 12.2 Å². The van der Waals surface area contributed by atoms with Crippen LogP contribution in [0.25, 0.3) is 0 Å². The third kappa shape index (κ3) is 3.22. The van der Waals surface area contributed by atoms with Gasteiger partial charge < -0.3 is 5.73 Å². The average Bonchev–Trinajstić information content (AvgIpc) is 2.55. The predicted octanol–water partition coefficient (Wildman–Crippen LogP) is 2.72. The van der Waals surface area contributed by atoms with Crippen LogP contribution in [0.2, 0.25) is 0 Å². The molecule has 0 bridgehead atoms. The standard InChI is InChI=1S/C15H19F2N3/c1-9(18)4-15-10(2)19-20(11(15)3)8-12-5-13(16)7-14(17)6-12/h5-7,9H,4,8,18H2,1-3H3. The molecule has 2 aromatic rings. The highest BCUT2D eigenvalue weighted by Gasteiger charge is 2.13. The second-order valence-electron chi connectivity index (χ2n) is 5.27. The Kier molecular flexibility index (Phi) is 4.18. The molecule has 0 saturated carbocycles. The predicted molar refractivity (Wildman–Crippen MR) is 74.5 cm³/mol. The van der Waals surface area contributed by atoms with Crippen molar-refractivity contribution in [3.05, 3.63) is 52.3 Å². The van der Waals surface area contributed by atoms with Gasteiger partial charge in [0.15, 0.2) is 0 Å². The molecule has 0 amide bonds. The van der Waals surface area contributed by atoms with Gasteiger partial charge in [-0.1, -0.05) is 0 Å². The van der Waals surface area contributed by atoms with Crippen LogP contribution in [0, 0.1) is 25.5 Å². The van der Waals surface area contributed by atoms with Crippen molar-refractivity contribution >= 4 is 0 Å². The molecule has 2 N–H and O–H groups in total. The molecule has 0 aliphatic heterocycles. The quantitative estimate of drug-likeness (QED) is 0.935. The van der Waals surface area contributed by atoms with Crippen LogP contribution in [0.5, 0.6) is 0 Å². The van der Waals surface area contributed by atoms with E-state index in [9.17, 15) is 8.78 Å². The first-order valence-electron chi connectivity index (χ1n) is 6.60. The SMILES string of the molecule is Cc1nn(Cc2cc(F)cc(F)c2)c(C)c1CC(C)N. The molecular weight excluding hydrogens is 260 g/mol. The highest BCUT2D eigenvalue weighted by Crippen LogP contribution is 2.17. The third-order valence-corrected chi connectivity index (χ3v) is 3.31. The van der Waals surface area contributed by atoms with E-state index in [1.807, 2.05) is 20.8 Å². The fraction of sp³-hybridized carbons (Fsp3) is 0.400.